The van der Waals surface area contributed by atoms with Crippen LogP contribution in [0.4, 0.5) is 0 Å². The Labute approximate surface area is 167 Å². The fourth-order valence-electron chi connectivity index (χ4n) is 2.03. The topological polar surface area (TPSA) is 164 Å². The molecule has 0 rings (SSSR count). The standard InChI is InChI=1S/C17H28O12/c18-13-28-7-5-26-11-17(9-24-3-1-15(20)21,10-25-4-2-16(22)23)12-27-6-8-29-14-19/h13-14H,1-12H2,(H,20,21)(H,22,23). The quantitative estimate of drug-likeness (QED) is 0.167. The summed E-state index contributed by atoms with van der Waals surface area (Å²) in [5, 5.41) is 17.4. The van der Waals surface area contributed by atoms with Crippen molar-refractivity contribution >= 4 is 24.9 Å². The molecule has 168 valence electrons. The van der Waals surface area contributed by atoms with Gasteiger partial charge in [0.15, 0.2) is 0 Å². The van der Waals surface area contributed by atoms with E-state index in [-0.39, 0.29) is 91.9 Å². The first kappa shape index (κ1) is 26.7. The molecule has 0 fully saturated rings. The van der Waals surface area contributed by atoms with Crippen molar-refractivity contribution in [1.29, 1.82) is 0 Å². The highest BCUT2D eigenvalue weighted by molar-refractivity contribution is 5.67. The first-order chi connectivity index (χ1) is 14.0. The Morgan fingerprint density at radius 1 is 0.621 bits per heavy atom. The van der Waals surface area contributed by atoms with Gasteiger partial charge in [-0.1, -0.05) is 0 Å². The predicted octanol–water partition coefficient (Wildman–Crippen LogP) is -0.665. The number of hydrogen-bond acceptors (Lipinski definition) is 10. The Balaban J connectivity index is 4.85. The third kappa shape index (κ3) is 16.4. The molecule has 0 unspecified atom stereocenters. The van der Waals surface area contributed by atoms with E-state index in [0.29, 0.717) is 0 Å². The van der Waals surface area contributed by atoms with Crippen LogP contribution < -0.4 is 0 Å². The summed E-state index contributed by atoms with van der Waals surface area (Å²) >= 11 is 0. The van der Waals surface area contributed by atoms with Gasteiger partial charge >= 0.3 is 11.9 Å². The number of ether oxygens (including phenoxy) is 6. The van der Waals surface area contributed by atoms with E-state index >= 15 is 0 Å². The molecule has 0 aromatic carbocycles. The third-order valence-corrected chi connectivity index (χ3v) is 3.38. The molecule has 0 spiro atoms. The first-order valence-corrected chi connectivity index (χ1v) is 8.81. The average molecular weight is 424 g/mol. The number of aliphatic carboxylic acids is 2. The summed E-state index contributed by atoms with van der Waals surface area (Å²) in [5.41, 5.74) is -0.890. The second-order valence-electron chi connectivity index (χ2n) is 5.93. The largest absolute Gasteiger partial charge is 0.481 e. The van der Waals surface area contributed by atoms with Crippen molar-refractivity contribution in [2.24, 2.45) is 5.41 Å². The molecule has 2 N–H and O–H groups in total. The molecule has 0 saturated carbocycles. The Hall–Kier alpha value is -2.28. The van der Waals surface area contributed by atoms with E-state index in [0.717, 1.165) is 0 Å². The van der Waals surface area contributed by atoms with Crippen molar-refractivity contribution < 1.29 is 57.8 Å². The van der Waals surface area contributed by atoms with E-state index in [1.165, 1.54) is 0 Å². The summed E-state index contributed by atoms with van der Waals surface area (Å²) in [5.74, 6) is -2.03. The fraction of sp³-hybridized carbons (Fsp3) is 0.765. The molecule has 0 aromatic rings. The smallest absolute Gasteiger partial charge is 0.305 e. The first-order valence-electron chi connectivity index (χ1n) is 8.81. The van der Waals surface area contributed by atoms with Crippen LogP contribution in [0.15, 0.2) is 0 Å². The Bertz CT molecular complexity index is 425. The second kappa shape index (κ2) is 17.8. The molecule has 0 aliphatic heterocycles. The van der Waals surface area contributed by atoms with E-state index in [9.17, 15) is 19.2 Å². The van der Waals surface area contributed by atoms with Crippen LogP contribution in [0.25, 0.3) is 0 Å². The van der Waals surface area contributed by atoms with Crippen LogP contribution in [0.3, 0.4) is 0 Å². The Morgan fingerprint density at radius 2 is 0.966 bits per heavy atom. The molecular formula is C17H28O12. The average Bonchev–Trinajstić information content (AvgIpc) is 2.68. The van der Waals surface area contributed by atoms with Gasteiger partial charge in [0.25, 0.3) is 12.9 Å². The number of rotatable bonds is 22. The summed E-state index contributed by atoms with van der Waals surface area (Å²) in [6, 6.07) is 0. The van der Waals surface area contributed by atoms with Crippen LogP contribution in [0.1, 0.15) is 12.8 Å². The Kier molecular flexibility index (Phi) is 16.4. The maximum Gasteiger partial charge on any atom is 0.305 e. The normalized spacial score (nSPS) is 11.0. The van der Waals surface area contributed by atoms with Gasteiger partial charge in [0.1, 0.15) is 13.2 Å². The van der Waals surface area contributed by atoms with Crippen LogP contribution in [0, 0.1) is 5.41 Å². The van der Waals surface area contributed by atoms with Gasteiger partial charge in [-0.25, -0.2) is 0 Å². The van der Waals surface area contributed by atoms with Crippen molar-refractivity contribution in [1.82, 2.24) is 0 Å². The molecule has 0 atom stereocenters. The minimum absolute atomic E-state index is 0.0103. The van der Waals surface area contributed by atoms with E-state index in [1.54, 1.807) is 0 Å². The second-order valence-corrected chi connectivity index (χ2v) is 5.93. The van der Waals surface area contributed by atoms with Gasteiger partial charge in [0.05, 0.1) is 71.1 Å². The van der Waals surface area contributed by atoms with Crippen molar-refractivity contribution in [3.63, 3.8) is 0 Å². The lowest BCUT2D eigenvalue weighted by atomic mass is 9.92. The van der Waals surface area contributed by atoms with Crippen molar-refractivity contribution in [3.8, 4) is 0 Å². The molecule has 0 saturated heterocycles. The lowest BCUT2D eigenvalue weighted by Gasteiger charge is -2.33. The molecule has 29 heavy (non-hydrogen) atoms. The number of hydrogen-bond donors (Lipinski definition) is 2. The molecule has 0 heterocycles. The maximum atomic E-state index is 10.6. The number of carbonyl (C=O) groups excluding carboxylic acids is 2. The van der Waals surface area contributed by atoms with Gasteiger partial charge in [-0.05, 0) is 0 Å². The van der Waals surface area contributed by atoms with Crippen LogP contribution >= 0.6 is 0 Å². The van der Waals surface area contributed by atoms with Crippen molar-refractivity contribution in [2.75, 3.05) is 66.1 Å². The zero-order chi connectivity index (χ0) is 21.8. The zero-order valence-electron chi connectivity index (χ0n) is 16.1. The molecule has 0 aliphatic carbocycles. The molecular weight excluding hydrogens is 396 g/mol. The van der Waals surface area contributed by atoms with Gasteiger partial charge in [-0.2, -0.15) is 0 Å². The molecule has 0 bridgehead atoms. The summed E-state index contributed by atoms with van der Waals surface area (Å²) in [4.78, 5) is 41.7. The lowest BCUT2D eigenvalue weighted by molar-refractivity contribution is -0.144. The minimum atomic E-state index is -1.02. The molecule has 0 radical (unpaired) electrons. The van der Waals surface area contributed by atoms with Gasteiger partial charge in [0, 0.05) is 0 Å². The SMILES string of the molecule is O=COCCOCC(COCCOC=O)(COCCC(=O)O)COCCC(=O)O. The summed E-state index contributed by atoms with van der Waals surface area (Å²) < 4.78 is 30.9. The van der Waals surface area contributed by atoms with E-state index in [2.05, 4.69) is 9.47 Å². The van der Waals surface area contributed by atoms with E-state index in [1.807, 2.05) is 0 Å². The minimum Gasteiger partial charge on any atom is -0.481 e. The number of carboxylic acid groups (broad SMARTS) is 2. The summed E-state index contributed by atoms with van der Waals surface area (Å²) in [6.07, 6.45) is -0.393. The predicted molar refractivity (Wildman–Crippen MR) is 94.2 cm³/mol. The third-order valence-electron chi connectivity index (χ3n) is 3.38. The molecule has 12 nitrogen and oxygen atoms in total. The van der Waals surface area contributed by atoms with Crippen molar-refractivity contribution in [2.45, 2.75) is 12.8 Å². The number of carbonyl (C=O) groups is 4. The van der Waals surface area contributed by atoms with Crippen LogP contribution in [0.5, 0.6) is 0 Å². The van der Waals surface area contributed by atoms with Crippen LogP contribution in [-0.4, -0.2) is 101 Å². The van der Waals surface area contributed by atoms with Gasteiger partial charge in [-0.3, -0.25) is 19.2 Å². The maximum absolute atomic E-state index is 10.6. The molecule has 0 amide bonds. The molecule has 0 aliphatic rings. The van der Waals surface area contributed by atoms with E-state index in [4.69, 9.17) is 29.2 Å². The monoisotopic (exact) mass is 424 g/mol. The van der Waals surface area contributed by atoms with E-state index < -0.39 is 17.4 Å². The summed E-state index contributed by atoms with van der Waals surface area (Å²) in [7, 11) is 0. The summed E-state index contributed by atoms with van der Waals surface area (Å²) in [6.45, 7) is 0.857. The van der Waals surface area contributed by atoms with Crippen LogP contribution in [-0.2, 0) is 47.6 Å². The zero-order valence-corrected chi connectivity index (χ0v) is 16.1. The molecule has 12 heteroatoms. The Morgan fingerprint density at radius 3 is 1.28 bits per heavy atom. The highest BCUT2D eigenvalue weighted by atomic mass is 16.6. The van der Waals surface area contributed by atoms with Crippen molar-refractivity contribution in [3.05, 3.63) is 0 Å². The number of carboxylic acids is 2. The van der Waals surface area contributed by atoms with Gasteiger partial charge in [0.2, 0.25) is 0 Å². The lowest BCUT2D eigenvalue weighted by Crippen LogP contribution is -2.42. The van der Waals surface area contributed by atoms with Crippen LogP contribution in [0.2, 0.25) is 0 Å². The molecule has 0 aromatic heterocycles. The highest BCUT2D eigenvalue weighted by Crippen LogP contribution is 2.21. The fourth-order valence-corrected chi connectivity index (χ4v) is 2.03. The van der Waals surface area contributed by atoms with Gasteiger partial charge in [-0.15, -0.1) is 0 Å². The van der Waals surface area contributed by atoms with Gasteiger partial charge < -0.3 is 38.6 Å². The highest BCUT2D eigenvalue weighted by Gasteiger charge is 2.32.